The lowest BCUT2D eigenvalue weighted by Crippen LogP contribution is -2.26. The fourth-order valence-electron chi connectivity index (χ4n) is 0.487. The maximum Gasteiger partial charge on any atom is 0.437 e. The van der Waals surface area contributed by atoms with Gasteiger partial charge >= 0.3 is 5.76 Å². The number of hydrogen-bond acceptors (Lipinski definition) is 4. The largest absolute Gasteiger partial charge is 0.437 e. The van der Waals surface area contributed by atoms with E-state index in [1.54, 1.807) is 0 Å². The van der Waals surface area contributed by atoms with Crippen LogP contribution in [0.25, 0.3) is 0 Å². The van der Waals surface area contributed by atoms with E-state index in [2.05, 4.69) is 9.52 Å². The van der Waals surface area contributed by atoms with Crippen LogP contribution in [0.15, 0.2) is 15.6 Å². The lowest BCUT2D eigenvalue weighted by atomic mass is 10.6. The molecule has 0 spiro atoms. The van der Waals surface area contributed by atoms with Crippen molar-refractivity contribution in [3.8, 4) is 0 Å². The number of hydrogen-bond donors (Lipinski definition) is 1. The van der Waals surface area contributed by atoms with Crippen LogP contribution in [0.2, 0.25) is 0 Å². The lowest BCUT2D eigenvalue weighted by Gasteiger charge is -1.88. The van der Waals surface area contributed by atoms with Crippen molar-refractivity contribution in [2.45, 2.75) is 6.54 Å². The molecule has 1 amide bonds. The van der Waals surface area contributed by atoms with Crippen LogP contribution in [0.1, 0.15) is 0 Å². The van der Waals surface area contributed by atoms with Gasteiger partial charge in [-0.3, -0.25) is 4.79 Å². The summed E-state index contributed by atoms with van der Waals surface area (Å²) >= 11 is 0. The fourth-order valence-corrected chi connectivity index (χ4v) is 0.487. The van der Waals surface area contributed by atoms with E-state index in [9.17, 15) is 9.59 Å². The van der Waals surface area contributed by atoms with Crippen molar-refractivity contribution in [2.24, 2.45) is 5.73 Å². The predicted octanol–water partition coefficient (Wildman–Crippen LogP) is -1.68. The number of primary amides is 1. The minimum absolute atomic E-state index is 0.241. The number of rotatable bonds is 2. The third kappa shape index (κ3) is 1.22. The first kappa shape index (κ1) is 6.53. The quantitative estimate of drug-likeness (QED) is 0.535. The standard InChI is InChI=1S/C4H5N3O3/c5-3(8)1-7-4(9)10-2-6-7/h2H,1H2,(H2,5,8). The van der Waals surface area contributed by atoms with Gasteiger partial charge in [-0.25, -0.2) is 4.79 Å². The Morgan fingerprint density at radius 3 is 3.00 bits per heavy atom. The van der Waals surface area contributed by atoms with Crippen LogP contribution in [-0.2, 0) is 11.3 Å². The molecule has 0 saturated carbocycles. The number of carbonyl (C=O) groups is 1. The molecule has 1 aromatic rings. The highest BCUT2D eigenvalue weighted by molar-refractivity contribution is 5.73. The molecule has 54 valence electrons. The molecule has 0 aliphatic carbocycles. The maximum absolute atomic E-state index is 10.5. The van der Waals surface area contributed by atoms with Gasteiger partial charge < -0.3 is 10.2 Å². The number of nitrogens with zero attached hydrogens (tertiary/aromatic N) is 2. The predicted molar refractivity (Wildman–Crippen MR) is 30.0 cm³/mol. The molecule has 0 bridgehead atoms. The normalized spacial score (nSPS) is 9.60. The zero-order chi connectivity index (χ0) is 7.56. The molecule has 6 nitrogen and oxygen atoms in total. The van der Waals surface area contributed by atoms with Gasteiger partial charge in [0.25, 0.3) is 0 Å². The number of carbonyl (C=O) groups excluding carboxylic acids is 1. The van der Waals surface area contributed by atoms with Gasteiger partial charge in [-0.1, -0.05) is 0 Å². The minimum Gasteiger partial charge on any atom is -0.395 e. The van der Waals surface area contributed by atoms with Crippen molar-refractivity contribution in [1.29, 1.82) is 0 Å². The zero-order valence-electron chi connectivity index (χ0n) is 4.98. The second-order valence-corrected chi connectivity index (χ2v) is 1.63. The van der Waals surface area contributed by atoms with Crippen molar-refractivity contribution in [2.75, 3.05) is 0 Å². The van der Waals surface area contributed by atoms with E-state index in [0.717, 1.165) is 11.1 Å². The maximum atomic E-state index is 10.5. The second kappa shape index (κ2) is 2.34. The van der Waals surface area contributed by atoms with Crippen LogP contribution >= 0.6 is 0 Å². The van der Waals surface area contributed by atoms with Gasteiger partial charge in [0.1, 0.15) is 6.54 Å². The molecule has 10 heavy (non-hydrogen) atoms. The van der Waals surface area contributed by atoms with Crippen LogP contribution < -0.4 is 11.5 Å². The molecular weight excluding hydrogens is 138 g/mol. The monoisotopic (exact) mass is 143 g/mol. The Morgan fingerprint density at radius 1 is 1.90 bits per heavy atom. The highest BCUT2D eigenvalue weighted by Crippen LogP contribution is 1.73. The Morgan fingerprint density at radius 2 is 2.60 bits per heavy atom. The van der Waals surface area contributed by atoms with E-state index in [1.807, 2.05) is 0 Å². The van der Waals surface area contributed by atoms with Crippen LogP contribution in [-0.4, -0.2) is 15.7 Å². The molecule has 0 atom stereocenters. The minimum atomic E-state index is -0.682. The van der Waals surface area contributed by atoms with Crippen LogP contribution in [0.4, 0.5) is 0 Å². The summed E-state index contributed by atoms with van der Waals surface area (Å²) in [5.41, 5.74) is 4.77. The molecule has 0 aromatic carbocycles. The van der Waals surface area contributed by atoms with E-state index in [4.69, 9.17) is 5.73 Å². The molecule has 6 heteroatoms. The van der Waals surface area contributed by atoms with Crippen molar-refractivity contribution in [1.82, 2.24) is 9.78 Å². The van der Waals surface area contributed by atoms with Crippen LogP contribution in [0.3, 0.4) is 0 Å². The molecule has 0 saturated heterocycles. The van der Waals surface area contributed by atoms with E-state index in [1.165, 1.54) is 0 Å². The highest BCUT2D eigenvalue weighted by Gasteiger charge is 2.01. The average molecular weight is 143 g/mol. The number of nitrogens with two attached hydrogens (primary N) is 1. The summed E-state index contributed by atoms with van der Waals surface area (Å²) in [5.74, 6) is -1.31. The molecule has 0 aliphatic rings. The highest BCUT2D eigenvalue weighted by atomic mass is 16.4. The van der Waals surface area contributed by atoms with Gasteiger partial charge in [0, 0.05) is 0 Å². The van der Waals surface area contributed by atoms with Gasteiger partial charge in [0.05, 0.1) is 0 Å². The molecule has 1 aromatic heterocycles. The van der Waals surface area contributed by atoms with Crippen LogP contribution in [0, 0.1) is 0 Å². The molecule has 0 radical (unpaired) electrons. The molecule has 1 rings (SSSR count). The molecule has 0 fully saturated rings. The topological polar surface area (TPSA) is 91.1 Å². The number of amides is 1. The van der Waals surface area contributed by atoms with E-state index < -0.39 is 11.7 Å². The smallest absolute Gasteiger partial charge is 0.395 e. The van der Waals surface area contributed by atoms with E-state index in [0.29, 0.717) is 0 Å². The molecule has 0 aliphatic heterocycles. The van der Waals surface area contributed by atoms with Gasteiger partial charge in [0.15, 0.2) is 0 Å². The first-order valence-electron chi connectivity index (χ1n) is 2.49. The van der Waals surface area contributed by atoms with Crippen molar-refractivity contribution in [3.05, 3.63) is 16.9 Å². The van der Waals surface area contributed by atoms with Crippen molar-refractivity contribution >= 4 is 5.91 Å². The first-order valence-corrected chi connectivity index (χ1v) is 2.49. The summed E-state index contributed by atoms with van der Waals surface area (Å²) in [6, 6.07) is 0. The van der Waals surface area contributed by atoms with Crippen molar-refractivity contribution in [3.63, 3.8) is 0 Å². The van der Waals surface area contributed by atoms with Gasteiger partial charge in [-0.05, 0) is 0 Å². The summed E-state index contributed by atoms with van der Waals surface area (Å²) in [7, 11) is 0. The van der Waals surface area contributed by atoms with E-state index >= 15 is 0 Å². The number of aromatic nitrogens is 2. The average Bonchev–Trinajstić information content (AvgIpc) is 2.15. The third-order valence-electron chi connectivity index (χ3n) is 0.856. The third-order valence-corrected chi connectivity index (χ3v) is 0.856. The first-order chi connectivity index (χ1) is 4.70. The van der Waals surface area contributed by atoms with Crippen LogP contribution in [0.5, 0.6) is 0 Å². The van der Waals surface area contributed by atoms with Gasteiger partial charge in [-0.2, -0.15) is 4.68 Å². The Hall–Kier alpha value is -1.59. The fraction of sp³-hybridized carbons (Fsp3) is 0.250. The van der Waals surface area contributed by atoms with Crippen molar-refractivity contribution < 1.29 is 9.21 Å². The second-order valence-electron chi connectivity index (χ2n) is 1.63. The Labute approximate surface area is 55.2 Å². The Kier molecular flexibility index (Phi) is 1.53. The summed E-state index contributed by atoms with van der Waals surface area (Å²) in [6.45, 7) is -0.241. The SMILES string of the molecule is NC(=O)Cn1ncoc1=O. The summed E-state index contributed by atoms with van der Waals surface area (Å²) in [5, 5.41) is 3.39. The Bertz CT molecular complexity index is 286. The lowest BCUT2D eigenvalue weighted by molar-refractivity contribution is -0.118. The molecule has 2 N–H and O–H groups in total. The van der Waals surface area contributed by atoms with Gasteiger partial charge in [-0.15, -0.1) is 5.10 Å². The summed E-state index contributed by atoms with van der Waals surface area (Å²) < 4.78 is 5.09. The van der Waals surface area contributed by atoms with Gasteiger partial charge in [0.2, 0.25) is 12.3 Å². The van der Waals surface area contributed by atoms with E-state index in [-0.39, 0.29) is 6.54 Å². The summed E-state index contributed by atoms with van der Waals surface area (Å²) in [6.07, 6.45) is 0.950. The molecule has 1 heterocycles. The Balaban J connectivity index is 2.85. The molecule has 0 unspecified atom stereocenters. The summed E-state index contributed by atoms with van der Waals surface area (Å²) in [4.78, 5) is 20.7. The molecular formula is C4H5N3O3. The zero-order valence-corrected chi connectivity index (χ0v) is 4.98.